The Bertz CT molecular complexity index is 133. The largest absolute Gasteiger partial charge is 0.481 e. The van der Waals surface area contributed by atoms with E-state index in [2.05, 4.69) is 0 Å². The number of ether oxygens (including phenoxy) is 1. The minimum absolute atomic E-state index is 0.182. The Hall–Kier alpha value is -0.570. The fourth-order valence-electron chi connectivity index (χ4n) is 1.16. The van der Waals surface area contributed by atoms with Crippen molar-refractivity contribution in [1.82, 2.24) is 0 Å². The van der Waals surface area contributed by atoms with Gasteiger partial charge in [0.1, 0.15) is 0 Å². The summed E-state index contributed by atoms with van der Waals surface area (Å²) in [6, 6.07) is 0. The van der Waals surface area contributed by atoms with Gasteiger partial charge in [-0.2, -0.15) is 0 Å². The molecule has 0 aliphatic carbocycles. The zero-order chi connectivity index (χ0) is 7.56. The van der Waals surface area contributed by atoms with E-state index < -0.39 is 5.97 Å². The fourth-order valence-corrected chi connectivity index (χ4v) is 1.16. The van der Waals surface area contributed by atoms with Gasteiger partial charge in [0, 0.05) is 0 Å². The van der Waals surface area contributed by atoms with E-state index in [4.69, 9.17) is 9.84 Å². The van der Waals surface area contributed by atoms with Crippen LogP contribution < -0.4 is 0 Å². The first-order chi connectivity index (χ1) is 4.74. The fraction of sp³-hybridized carbons (Fsp3) is 0.857. The lowest BCUT2D eigenvalue weighted by Gasteiger charge is -2.02. The van der Waals surface area contributed by atoms with Crippen LogP contribution in [0.3, 0.4) is 0 Å². The minimum Gasteiger partial charge on any atom is -0.481 e. The van der Waals surface area contributed by atoms with Crippen LogP contribution in [0.25, 0.3) is 0 Å². The number of hydrogen-bond donors (Lipinski definition) is 1. The van der Waals surface area contributed by atoms with Crippen molar-refractivity contribution in [2.45, 2.75) is 25.9 Å². The van der Waals surface area contributed by atoms with Crippen molar-refractivity contribution in [2.24, 2.45) is 5.92 Å². The minimum atomic E-state index is -0.726. The van der Waals surface area contributed by atoms with Gasteiger partial charge in [-0.15, -0.1) is 0 Å². The monoisotopic (exact) mass is 144 g/mol. The smallest absolute Gasteiger partial charge is 0.308 e. The summed E-state index contributed by atoms with van der Waals surface area (Å²) >= 11 is 0. The molecule has 2 unspecified atom stereocenters. The molecule has 0 radical (unpaired) electrons. The molecule has 0 spiro atoms. The molecule has 1 heterocycles. The molecular formula is C7H12O3. The van der Waals surface area contributed by atoms with Crippen molar-refractivity contribution < 1.29 is 14.6 Å². The number of rotatable bonds is 2. The van der Waals surface area contributed by atoms with Crippen LogP contribution >= 0.6 is 0 Å². The van der Waals surface area contributed by atoms with Crippen molar-refractivity contribution in [2.75, 3.05) is 6.61 Å². The molecule has 1 aliphatic heterocycles. The molecule has 3 heteroatoms. The predicted molar refractivity (Wildman–Crippen MR) is 35.8 cm³/mol. The molecule has 3 nitrogen and oxygen atoms in total. The summed E-state index contributed by atoms with van der Waals surface area (Å²) in [5.41, 5.74) is 0. The predicted octanol–water partition coefficient (Wildman–Crippen LogP) is 0.886. The number of carboxylic acids is 1. The molecule has 0 bridgehead atoms. The quantitative estimate of drug-likeness (QED) is 0.626. The van der Waals surface area contributed by atoms with Gasteiger partial charge in [0.05, 0.1) is 18.6 Å². The molecule has 58 valence electrons. The zero-order valence-corrected chi connectivity index (χ0v) is 6.04. The van der Waals surface area contributed by atoms with Crippen molar-refractivity contribution >= 4 is 5.97 Å². The molecule has 1 fully saturated rings. The lowest BCUT2D eigenvalue weighted by molar-refractivity contribution is -0.141. The van der Waals surface area contributed by atoms with E-state index >= 15 is 0 Å². The molecule has 0 aromatic carbocycles. The first-order valence-electron chi connectivity index (χ1n) is 3.58. The van der Waals surface area contributed by atoms with Gasteiger partial charge in [-0.3, -0.25) is 4.79 Å². The maximum atomic E-state index is 10.4. The second kappa shape index (κ2) is 3.01. The first-order valence-corrected chi connectivity index (χ1v) is 3.58. The molecule has 1 saturated heterocycles. The van der Waals surface area contributed by atoms with E-state index in [9.17, 15) is 4.79 Å². The third-order valence-electron chi connectivity index (χ3n) is 1.89. The standard InChI is InChI=1S/C7H12O3/c1-2-6-3-5(4-10-6)7(8)9/h5-6H,2-4H2,1H3,(H,8,9). The van der Waals surface area contributed by atoms with Gasteiger partial charge in [0.15, 0.2) is 0 Å². The van der Waals surface area contributed by atoms with E-state index in [0.29, 0.717) is 13.0 Å². The van der Waals surface area contributed by atoms with Crippen LogP contribution in [0, 0.1) is 5.92 Å². The number of aliphatic carboxylic acids is 1. The molecule has 10 heavy (non-hydrogen) atoms. The molecule has 2 atom stereocenters. The molecule has 0 aromatic heterocycles. The zero-order valence-electron chi connectivity index (χ0n) is 6.04. The van der Waals surface area contributed by atoms with Gasteiger partial charge < -0.3 is 9.84 Å². The molecular weight excluding hydrogens is 132 g/mol. The Balaban J connectivity index is 2.35. The highest BCUT2D eigenvalue weighted by Gasteiger charge is 2.29. The summed E-state index contributed by atoms with van der Waals surface area (Å²) in [4.78, 5) is 10.4. The summed E-state index contributed by atoms with van der Waals surface area (Å²) in [5, 5.41) is 8.55. The normalized spacial score (nSPS) is 32.5. The van der Waals surface area contributed by atoms with E-state index in [-0.39, 0.29) is 12.0 Å². The average molecular weight is 144 g/mol. The maximum Gasteiger partial charge on any atom is 0.308 e. The van der Waals surface area contributed by atoms with Crippen LogP contribution in [-0.4, -0.2) is 23.8 Å². The second-order valence-electron chi connectivity index (χ2n) is 2.63. The summed E-state index contributed by atoms with van der Waals surface area (Å²) < 4.78 is 5.20. The molecule has 1 rings (SSSR count). The summed E-state index contributed by atoms with van der Waals surface area (Å²) in [6.45, 7) is 2.41. The number of carbonyl (C=O) groups is 1. The van der Waals surface area contributed by atoms with Crippen LogP contribution in [0.5, 0.6) is 0 Å². The third kappa shape index (κ3) is 1.48. The highest BCUT2D eigenvalue weighted by Crippen LogP contribution is 2.21. The summed E-state index contributed by atoms with van der Waals surface area (Å²) in [5.74, 6) is -0.985. The Kier molecular flexibility index (Phi) is 2.27. The first kappa shape index (κ1) is 7.54. The second-order valence-corrected chi connectivity index (χ2v) is 2.63. The Labute approximate surface area is 60.0 Å². The van der Waals surface area contributed by atoms with Crippen LogP contribution in [0.4, 0.5) is 0 Å². The highest BCUT2D eigenvalue weighted by atomic mass is 16.5. The van der Waals surface area contributed by atoms with E-state index in [1.807, 2.05) is 6.92 Å². The third-order valence-corrected chi connectivity index (χ3v) is 1.89. The van der Waals surface area contributed by atoms with Crippen LogP contribution in [0.2, 0.25) is 0 Å². The Morgan fingerprint density at radius 1 is 1.80 bits per heavy atom. The van der Waals surface area contributed by atoms with Crippen LogP contribution in [0.1, 0.15) is 19.8 Å². The topological polar surface area (TPSA) is 46.5 Å². The number of hydrogen-bond acceptors (Lipinski definition) is 2. The van der Waals surface area contributed by atoms with Crippen molar-refractivity contribution in [3.8, 4) is 0 Å². The molecule has 0 amide bonds. The molecule has 1 N–H and O–H groups in total. The van der Waals surface area contributed by atoms with Gasteiger partial charge >= 0.3 is 5.97 Å². The van der Waals surface area contributed by atoms with Gasteiger partial charge in [-0.25, -0.2) is 0 Å². The maximum absolute atomic E-state index is 10.4. The highest BCUT2D eigenvalue weighted by molar-refractivity contribution is 5.70. The SMILES string of the molecule is CCC1CC(C(=O)O)CO1. The van der Waals surface area contributed by atoms with Gasteiger partial charge in [0.2, 0.25) is 0 Å². The van der Waals surface area contributed by atoms with Crippen molar-refractivity contribution in [3.05, 3.63) is 0 Å². The Morgan fingerprint density at radius 3 is 2.80 bits per heavy atom. The lowest BCUT2D eigenvalue weighted by Crippen LogP contribution is -2.12. The lowest BCUT2D eigenvalue weighted by atomic mass is 10.1. The Morgan fingerprint density at radius 2 is 2.50 bits per heavy atom. The van der Waals surface area contributed by atoms with E-state index in [1.54, 1.807) is 0 Å². The van der Waals surface area contributed by atoms with Gasteiger partial charge in [0.25, 0.3) is 0 Å². The molecule has 0 aromatic rings. The van der Waals surface area contributed by atoms with Gasteiger partial charge in [-0.1, -0.05) is 6.92 Å². The van der Waals surface area contributed by atoms with E-state index in [0.717, 1.165) is 6.42 Å². The summed E-state index contributed by atoms with van der Waals surface area (Å²) in [7, 11) is 0. The van der Waals surface area contributed by atoms with Gasteiger partial charge in [-0.05, 0) is 12.8 Å². The van der Waals surface area contributed by atoms with Crippen molar-refractivity contribution in [3.63, 3.8) is 0 Å². The summed E-state index contributed by atoms with van der Waals surface area (Å²) in [6.07, 6.45) is 1.79. The van der Waals surface area contributed by atoms with Crippen LogP contribution in [-0.2, 0) is 9.53 Å². The van der Waals surface area contributed by atoms with Crippen molar-refractivity contribution in [1.29, 1.82) is 0 Å². The van der Waals surface area contributed by atoms with Crippen LogP contribution in [0.15, 0.2) is 0 Å². The molecule has 1 aliphatic rings. The van der Waals surface area contributed by atoms with E-state index in [1.165, 1.54) is 0 Å². The number of carboxylic acid groups (broad SMARTS) is 1. The molecule has 0 saturated carbocycles. The average Bonchev–Trinajstić information content (AvgIpc) is 2.34.